The number of hydrogen-bond donors (Lipinski definition) is 2. The van der Waals surface area contributed by atoms with Crippen LogP contribution in [0.1, 0.15) is 37.9 Å². The van der Waals surface area contributed by atoms with Gasteiger partial charge in [0, 0.05) is 13.2 Å². The molecule has 1 fully saturated rings. The molecule has 1 aliphatic rings. The number of carboxylic acid groups (broad SMARTS) is 1. The molecule has 2 rings (SSSR count). The van der Waals surface area contributed by atoms with Gasteiger partial charge in [0.1, 0.15) is 6.04 Å². The highest BCUT2D eigenvalue weighted by Gasteiger charge is 2.31. The first kappa shape index (κ1) is 18.4. The van der Waals surface area contributed by atoms with Crippen LogP contribution in [0.5, 0.6) is 0 Å². The Hall–Kier alpha value is -1.92. The lowest BCUT2D eigenvalue weighted by Gasteiger charge is -2.20. The zero-order chi connectivity index (χ0) is 17.4. The van der Waals surface area contributed by atoms with E-state index in [0.29, 0.717) is 26.1 Å². The second-order valence-corrected chi connectivity index (χ2v) is 6.09. The van der Waals surface area contributed by atoms with E-state index >= 15 is 0 Å². The van der Waals surface area contributed by atoms with Crippen LogP contribution in [0, 0.1) is 0 Å². The van der Waals surface area contributed by atoms with Crippen molar-refractivity contribution >= 4 is 11.9 Å². The molecule has 2 N–H and O–H groups in total. The Morgan fingerprint density at radius 2 is 2.12 bits per heavy atom. The summed E-state index contributed by atoms with van der Waals surface area (Å²) < 4.78 is 5.75. The molecule has 1 heterocycles. The van der Waals surface area contributed by atoms with E-state index in [1.807, 2.05) is 37.3 Å². The van der Waals surface area contributed by atoms with Gasteiger partial charge in [-0.25, -0.2) is 0 Å². The van der Waals surface area contributed by atoms with E-state index in [1.165, 1.54) is 0 Å². The van der Waals surface area contributed by atoms with Crippen molar-refractivity contribution in [2.75, 3.05) is 26.2 Å². The summed E-state index contributed by atoms with van der Waals surface area (Å²) in [6, 6.07) is 9.48. The molecule has 6 nitrogen and oxygen atoms in total. The molecule has 0 spiro atoms. The van der Waals surface area contributed by atoms with Crippen LogP contribution in [0.2, 0.25) is 0 Å². The Labute approximate surface area is 142 Å². The average molecular weight is 334 g/mol. The van der Waals surface area contributed by atoms with Crippen molar-refractivity contribution in [2.45, 2.75) is 38.3 Å². The molecule has 2 atom stereocenters. The van der Waals surface area contributed by atoms with E-state index in [1.54, 1.807) is 4.90 Å². The largest absolute Gasteiger partial charge is 0.480 e. The number of carboxylic acids is 1. The van der Waals surface area contributed by atoms with Crippen LogP contribution in [0.4, 0.5) is 0 Å². The van der Waals surface area contributed by atoms with Crippen LogP contribution >= 0.6 is 0 Å². The highest BCUT2D eigenvalue weighted by atomic mass is 16.5. The molecule has 1 unspecified atom stereocenters. The topological polar surface area (TPSA) is 78.9 Å². The van der Waals surface area contributed by atoms with E-state index in [0.717, 1.165) is 18.4 Å². The second kappa shape index (κ2) is 9.39. The number of carbonyl (C=O) groups excluding carboxylic acids is 1. The Balaban J connectivity index is 1.59. The summed E-state index contributed by atoms with van der Waals surface area (Å²) in [5.74, 6) is -0.970. The van der Waals surface area contributed by atoms with E-state index in [4.69, 9.17) is 9.84 Å². The molecule has 1 aromatic rings. The first-order valence-corrected chi connectivity index (χ1v) is 8.48. The Morgan fingerprint density at radius 3 is 2.83 bits per heavy atom. The number of nitrogens with one attached hydrogen (secondary N) is 1. The standard InChI is InChI=1S/C18H26N2O4/c1-14(15-7-3-2-4-8-15)24-12-6-10-19-17(21)13-20-11-5-9-16(20)18(22)23/h2-4,7-8,14,16H,5-6,9-13H2,1H3,(H,19,21)(H,22,23)/t14?,16-/m1/s1. The predicted octanol–water partition coefficient (Wildman–Crippen LogP) is 1.82. The van der Waals surface area contributed by atoms with E-state index in [2.05, 4.69) is 5.32 Å². The van der Waals surface area contributed by atoms with Crippen molar-refractivity contribution in [1.29, 1.82) is 0 Å². The maximum atomic E-state index is 11.9. The zero-order valence-electron chi connectivity index (χ0n) is 14.1. The summed E-state index contributed by atoms with van der Waals surface area (Å²) in [5, 5.41) is 11.9. The summed E-state index contributed by atoms with van der Waals surface area (Å²) in [5.41, 5.74) is 1.13. The third-order valence-electron chi connectivity index (χ3n) is 4.28. The lowest BCUT2D eigenvalue weighted by Crippen LogP contribution is -2.43. The van der Waals surface area contributed by atoms with Gasteiger partial charge in [-0.3, -0.25) is 14.5 Å². The fourth-order valence-electron chi connectivity index (χ4n) is 2.92. The lowest BCUT2D eigenvalue weighted by molar-refractivity contribution is -0.142. The molecule has 0 radical (unpaired) electrons. The van der Waals surface area contributed by atoms with Crippen LogP contribution in [0.25, 0.3) is 0 Å². The fraction of sp³-hybridized carbons (Fsp3) is 0.556. The smallest absolute Gasteiger partial charge is 0.320 e. The van der Waals surface area contributed by atoms with Gasteiger partial charge in [-0.1, -0.05) is 30.3 Å². The summed E-state index contributed by atoms with van der Waals surface area (Å²) in [6.07, 6.45) is 2.21. The summed E-state index contributed by atoms with van der Waals surface area (Å²) in [4.78, 5) is 24.7. The number of carbonyl (C=O) groups is 2. The van der Waals surface area contributed by atoms with E-state index in [-0.39, 0.29) is 18.6 Å². The van der Waals surface area contributed by atoms with Gasteiger partial charge in [0.05, 0.1) is 12.6 Å². The number of ether oxygens (including phenoxy) is 1. The van der Waals surface area contributed by atoms with Gasteiger partial charge in [-0.15, -0.1) is 0 Å². The van der Waals surface area contributed by atoms with Gasteiger partial charge in [0.2, 0.25) is 5.91 Å². The van der Waals surface area contributed by atoms with Gasteiger partial charge in [-0.2, -0.15) is 0 Å². The molecular formula is C18H26N2O4. The highest BCUT2D eigenvalue weighted by Crippen LogP contribution is 2.17. The SMILES string of the molecule is CC(OCCCNC(=O)CN1CCC[C@@H]1C(=O)O)c1ccccc1. The van der Waals surface area contributed by atoms with Crippen molar-refractivity contribution in [2.24, 2.45) is 0 Å². The maximum absolute atomic E-state index is 11.9. The fourth-order valence-corrected chi connectivity index (χ4v) is 2.92. The minimum atomic E-state index is -0.844. The second-order valence-electron chi connectivity index (χ2n) is 6.09. The van der Waals surface area contributed by atoms with Gasteiger partial charge in [-0.05, 0) is 38.3 Å². The van der Waals surface area contributed by atoms with Crippen LogP contribution in [0.3, 0.4) is 0 Å². The molecule has 1 saturated heterocycles. The van der Waals surface area contributed by atoms with Crippen molar-refractivity contribution < 1.29 is 19.4 Å². The highest BCUT2D eigenvalue weighted by molar-refractivity contribution is 5.80. The van der Waals surface area contributed by atoms with E-state index < -0.39 is 12.0 Å². The van der Waals surface area contributed by atoms with Crippen molar-refractivity contribution in [1.82, 2.24) is 10.2 Å². The molecule has 1 aliphatic heterocycles. The number of nitrogens with zero attached hydrogens (tertiary/aromatic N) is 1. The van der Waals surface area contributed by atoms with Crippen LogP contribution < -0.4 is 5.32 Å². The molecule has 24 heavy (non-hydrogen) atoms. The number of rotatable bonds is 9. The molecule has 0 bridgehead atoms. The number of likely N-dealkylation sites (tertiary alicyclic amines) is 1. The Kier molecular flexibility index (Phi) is 7.21. The third kappa shape index (κ3) is 5.62. The molecule has 0 aliphatic carbocycles. The Bertz CT molecular complexity index is 535. The number of benzene rings is 1. The lowest BCUT2D eigenvalue weighted by atomic mass is 10.1. The van der Waals surface area contributed by atoms with Crippen LogP contribution in [-0.4, -0.2) is 54.2 Å². The summed E-state index contributed by atoms with van der Waals surface area (Å²) in [7, 11) is 0. The third-order valence-corrected chi connectivity index (χ3v) is 4.28. The van der Waals surface area contributed by atoms with Crippen molar-refractivity contribution in [3.05, 3.63) is 35.9 Å². The van der Waals surface area contributed by atoms with Gasteiger partial charge in [0.15, 0.2) is 0 Å². The summed E-state index contributed by atoms with van der Waals surface area (Å²) >= 11 is 0. The molecular weight excluding hydrogens is 308 g/mol. The van der Waals surface area contributed by atoms with Crippen LogP contribution in [-0.2, 0) is 14.3 Å². The normalized spacial score (nSPS) is 19.1. The van der Waals surface area contributed by atoms with Crippen molar-refractivity contribution in [3.8, 4) is 0 Å². The predicted molar refractivity (Wildman–Crippen MR) is 90.7 cm³/mol. The Morgan fingerprint density at radius 1 is 1.38 bits per heavy atom. The van der Waals surface area contributed by atoms with Crippen LogP contribution in [0.15, 0.2) is 30.3 Å². The van der Waals surface area contributed by atoms with Gasteiger partial charge >= 0.3 is 5.97 Å². The molecule has 6 heteroatoms. The molecule has 1 amide bonds. The van der Waals surface area contributed by atoms with Crippen molar-refractivity contribution in [3.63, 3.8) is 0 Å². The average Bonchev–Trinajstić information content (AvgIpc) is 3.03. The number of amides is 1. The van der Waals surface area contributed by atoms with Gasteiger partial charge in [0.25, 0.3) is 0 Å². The molecule has 0 aromatic heterocycles. The van der Waals surface area contributed by atoms with Gasteiger partial charge < -0.3 is 15.2 Å². The molecule has 132 valence electrons. The monoisotopic (exact) mass is 334 g/mol. The molecule has 0 saturated carbocycles. The van der Waals surface area contributed by atoms with E-state index in [9.17, 15) is 9.59 Å². The number of aliphatic carboxylic acids is 1. The minimum absolute atomic E-state index is 0.0304. The number of hydrogen-bond acceptors (Lipinski definition) is 4. The first-order valence-electron chi connectivity index (χ1n) is 8.48. The first-order chi connectivity index (χ1) is 11.6. The molecule has 1 aromatic carbocycles. The summed E-state index contributed by atoms with van der Waals surface area (Å²) in [6.45, 7) is 3.93. The quantitative estimate of drug-likeness (QED) is 0.674. The zero-order valence-corrected chi connectivity index (χ0v) is 14.1. The maximum Gasteiger partial charge on any atom is 0.320 e. The minimum Gasteiger partial charge on any atom is -0.480 e.